The molecular formula is C15H11F3N2OS2. The topological polar surface area (TPSA) is 42.0 Å². The highest BCUT2D eigenvalue weighted by Gasteiger charge is 2.30. The molecule has 0 aliphatic carbocycles. The van der Waals surface area contributed by atoms with Gasteiger partial charge in [0.05, 0.1) is 15.4 Å². The number of halogens is 3. The zero-order valence-corrected chi connectivity index (χ0v) is 13.3. The van der Waals surface area contributed by atoms with Gasteiger partial charge in [0.2, 0.25) is 0 Å². The molecule has 1 N–H and O–H groups in total. The lowest BCUT2D eigenvalue weighted by Gasteiger charge is -2.05. The lowest BCUT2D eigenvalue weighted by Crippen LogP contribution is -2.24. The highest BCUT2D eigenvalue weighted by atomic mass is 32.1. The molecule has 2 heterocycles. The van der Waals surface area contributed by atoms with E-state index in [1.807, 2.05) is 5.38 Å². The van der Waals surface area contributed by atoms with Crippen LogP contribution in [0, 0.1) is 0 Å². The number of hydrogen-bond donors (Lipinski definition) is 1. The fourth-order valence-corrected chi connectivity index (χ4v) is 3.66. The van der Waals surface area contributed by atoms with Gasteiger partial charge in [0.1, 0.15) is 0 Å². The van der Waals surface area contributed by atoms with Gasteiger partial charge in [-0.2, -0.15) is 13.2 Å². The molecule has 0 unspecified atom stereocenters. The van der Waals surface area contributed by atoms with Crippen molar-refractivity contribution in [1.82, 2.24) is 10.3 Å². The predicted molar refractivity (Wildman–Crippen MR) is 85.0 cm³/mol. The Kier molecular flexibility index (Phi) is 4.36. The van der Waals surface area contributed by atoms with Gasteiger partial charge in [-0.25, -0.2) is 4.98 Å². The maximum atomic E-state index is 12.7. The molecule has 2 aromatic heterocycles. The predicted octanol–water partition coefficient (Wildman–Crippen LogP) is 4.35. The molecular weight excluding hydrogens is 345 g/mol. The third-order valence-corrected chi connectivity index (χ3v) is 5.13. The summed E-state index contributed by atoms with van der Waals surface area (Å²) in [6, 6.07) is 4.99. The van der Waals surface area contributed by atoms with Gasteiger partial charge in [-0.1, -0.05) is 0 Å². The number of carbonyl (C=O) groups is 1. The molecule has 0 saturated carbocycles. The normalized spacial score (nSPS) is 11.8. The van der Waals surface area contributed by atoms with Gasteiger partial charge in [0.15, 0.2) is 0 Å². The zero-order valence-electron chi connectivity index (χ0n) is 11.7. The van der Waals surface area contributed by atoms with Crippen LogP contribution in [0.2, 0.25) is 0 Å². The Labute approximate surface area is 137 Å². The molecule has 120 valence electrons. The Hall–Kier alpha value is -1.93. The summed E-state index contributed by atoms with van der Waals surface area (Å²) in [5, 5.41) is 5.97. The number of nitrogens with zero attached hydrogens (tertiary/aromatic N) is 1. The standard InChI is InChI=1S/C15H11F3N2OS2/c16-15(17,18)10-1-2-11-9(7-10)8-12(23-11)14(21)20-4-3-13-19-5-6-22-13/h1-2,5-8H,3-4H2,(H,20,21). The largest absolute Gasteiger partial charge is 0.416 e. The monoisotopic (exact) mass is 356 g/mol. The summed E-state index contributed by atoms with van der Waals surface area (Å²) >= 11 is 2.69. The Morgan fingerprint density at radius 1 is 1.26 bits per heavy atom. The van der Waals surface area contributed by atoms with Crippen molar-refractivity contribution in [2.45, 2.75) is 12.6 Å². The van der Waals surface area contributed by atoms with Crippen LogP contribution >= 0.6 is 22.7 Å². The van der Waals surface area contributed by atoms with Crippen molar-refractivity contribution in [2.75, 3.05) is 6.54 Å². The molecule has 0 radical (unpaired) electrons. The van der Waals surface area contributed by atoms with Crippen LogP contribution in [0.15, 0.2) is 35.8 Å². The van der Waals surface area contributed by atoms with Gasteiger partial charge >= 0.3 is 6.18 Å². The van der Waals surface area contributed by atoms with E-state index in [-0.39, 0.29) is 5.91 Å². The van der Waals surface area contributed by atoms with E-state index in [1.165, 1.54) is 34.8 Å². The second kappa shape index (κ2) is 6.29. The lowest BCUT2D eigenvalue weighted by molar-refractivity contribution is -0.137. The first-order valence-electron chi connectivity index (χ1n) is 6.71. The van der Waals surface area contributed by atoms with E-state index >= 15 is 0 Å². The van der Waals surface area contributed by atoms with Crippen molar-refractivity contribution >= 4 is 38.7 Å². The minimum Gasteiger partial charge on any atom is -0.351 e. The van der Waals surface area contributed by atoms with E-state index in [0.717, 1.165) is 17.1 Å². The Morgan fingerprint density at radius 3 is 2.78 bits per heavy atom. The number of aromatic nitrogens is 1. The number of hydrogen-bond acceptors (Lipinski definition) is 4. The van der Waals surface area contributed by atoms with Crippen LogP contribution in [0.25, 0.3) is 10.1 Å². The summed E-state index contributed by atoms with van der Waals surface area (Å²) in [6.07, 6.45) is -2.05. The van der Waals surface area contributed by atoms with Crippen LogP contribution in [-0.4, -0.2) is 17.4 Å². The maximum absolute atomic E-state index is 12.7. The number of benzene rings is 1. The van der Waals surface area contributed by atoms with Gasteiger partial charge in [-0.15, -0.1) is 22.7 Å². The molecule has 1 aromatic carbocycles. The number of thiazole rings is 1. The van der Waals surface area contributed by atoms with Crippen LogP contribution in [-0.2, 0) is 12.6 Å². The Morgan fingerprint density at radius 2 is 2.09 bits per heavy atom. The number of nitrogens with one attached hydrogen (secondary N) is 1. The summed E-state index contributed by atoms with van der Waals surface area (Å²) in [7, 11) is 0. The quantitative estimate of drug-likeness (QED) is 0.755. The molecule has 0 saturated heterocycles. The van der Waals surface area contributed by atoms with Crippen molar-refractivity contribution < 1.29 is 18.0 Å². The van der Waals surface area contributed by atoms with Gasteiger partial charge in [-0.3, -0.25) is 4.79 Å². The summed E-state index contributed by atoms with van der Waals surface area (Å²) in [5.74, 6) is -0.281. The summed E-state index contributed by atoms with van der Waals surface area (Å²) in [5.41, 5.74) is -0.710. The van der Waals surface area contributed by atoms with E-state index in [0.29, 0.717) is 27.9 Å². The molecule has 23 heavy (non-hydrogen) atoms. The molecule has 1 amide bonds. The molecule has 0 bridgehead atoms. The van der Waals surface area contributed by atoms with Gasteiger partial charge < -0.3 is 5.32 Å². The molecule has 0 fully saturated rings. The number of thiophene rings is 1. The number of fused-ring (bicyclic) bond motifs is 1. The smallest absolute Gasteiger partial charge is 0.351 e. The second-order valence-corrected chi connectivity index (χ2v) is 6.86. The molecule has 0 atom stereocenters. The lowest BCUT2D eigenvalue weighted by atomic mass is 10.1. The highest BCUT2D eigenvalue weighted by molar-refractivity contribution is 7.20. The zero-order chi connectivity index (χ0) is 16.4. The number of carbonyl (C=O) groups excluding carboxylic acids is 1. The number of alkyl halides is 3. The van der Waals surface area contributed by atoms with Crippen molar-refractivity contribution in [3.05, 3.63) is 51.3 Å². The second-order valence-electron chi connectivity index (χ2n) is 4.79. The summed E-state index contributed by atoms with van der Waals surface area (Å²) < 4.78 is 38.8. The molecule has 0 spiro atoms. The Bertz CT molecular complexity index is 825. The van der Waals surface area contributed by atoms with Crippen LogP contribution < -0.4 is 5.32 Å². The SMILES string of the molecule is O=C(NCCc1nccs1)c1cc2cc(C(F)(F)F)ccc2s1. The summed E-state index contributed by atoms with van der Waals surface area (Å²) in [4.78, 5) is 16.6. The minimum absolute atomic E-state index is 0.281. The van der Waals surface area contributed by atoms with Crippen LogP contribution in [0.1, 0.15) is 20.2 Å². The van der Waals surface area contributed by atoms with Crippen LogP contribution in [0.5, 0.6) is 0 Å². The van der Waals surface area contributed by atoms with E-state index in [9.17, 15) is 18.0 Å². The van der Waals surface area contributed by atoms with E-state index in [2.05, 4.69) is 10.3 Å². The van der Waals surface area contributed by atoms with E-state index in [1.54, 1.807) is 6.20 Å². The van der Waals surface area contributed by atoms with E-state index < -0.39 is 11.7 Å². The first-order chi connectivity index (χ1) is 10.9. The molecule has 3 nitrogen and oxygen atoms in total. The molecule has 3 aromatic rings. The molecule has 0 aliphatic rings. The number of amides is 1. The van der Waals surface area contributed by atoms with Gasteiger partial charge in [-0.05, 0) is 29.7 Å². The van der Waals surface area contributed by atoms with Gasteiger partial charge in [0.25, 0.3) is 5.91 Å². The first kappa shape index (κ1) is 15.9. The van der Waals surface area contributed by atoms with Crippen LogP contribution in [0.4, 0.5) is 13.2 Å². The van der Waals surface area contributed by atoms with Crippen molar-refractivity contribution in [1.29, 1.82) is 0 Å². The van der Waals surface area contributed by atoms with Gasteiger partial charge in [0, 0.05) is 29.2 Å². The van der Waals surface area contributed by atoms with Crippen molar-refractivity contribution in [3.63, 3.8) is 0 Å². The molecule has 3 rings (SSSR count). The average Bonchev–Trinajstić information content (AvgIpc) is 3.14. The van der Waals surface area contributed by atoms with Crippen molar-refractivity contribution in [3.8, 4) is 0 Å². The molecule has 8 heteroatoms. The maximum Gasteiger partial charge on any atom is 0.416 e. The highest BCUT2D eigenvalue weighted by Crippen LogP contribution is 2.34. The minimum atomic E-state index is -4.38. The average molecular weight is 356 g/mol. The van der Waals surface area contributed by atoms with Crippen LogP contribution in [0.3, 0.4) is 0 Å². The van der Waals surface area contributed by atoms with Crippen molar-refractivity contribution in [2.24, 2.45) is 0 Å². The third-order valence-electron chi connectivity index (χ3n) is 3.18. The Balaban J connectivity index is 1.70. The fourth-order valence-electron chi connectivity index (χ4n) is 2.08. The fraction of sp³-hybridized carbons (Fsp3) is 0.200. The third kappa shape index (κ3) is 3.70. The number of rotatable bonds is 4. The van der Waals surface area contributed by atoms with E-state index in [4.69, 9.17) is 0 Å². The summed E-state index contributed by atoms with van der Waals surface area (Å²) in [6.45, 7) is 0.439. The molecule has 0 aliphatic heterocycles. The first-order valence-corrected chi connectivity index (χ1v) is 8.40.